The molecular formula is C21H34O. The van der Waals surface area contributed by atoms with Gasteiger partial charge in [0.2, 0.25) is 0 Å². The van der Waals surface area contributed by atoms with Crippen LogP contribution < -0.4 is 0 Å². The van der Waals surface area contributed by atoms with Gasteiger partial charge in [-0.15, -0.1) is 0 Å². The molecule has 1 aromatic carbocycles. The van der Waals surface area contributed by atoms with E-state index in [1.807, 2.05) is 0 Å². The third-order valence-corrected chi connectivity index (χ3v) is 4.48. The molecule has 0 radical (unpaired) electrons. The minimum absolute atomic E-state index is 0.0215. The third-order valence-electron chi connectivity index (χ3n) is 4.48. The molecule has 1 heteroatoms. The van der Waals surface area contributed by atoms with Gasteiger partial charge in [0.1, 0.15) is 0 Å². The number of hydrogen-bond donors (Lipinski definition) is 0. The van der Waals surface area contributed by atoms with E-state index in [0.29, 0.717) is 5.92 Å². The van der Waals surface area contributed by atoms with Crippen LogP contribution in [0.3, 0.4) is 0 Å². The molecule has 0 aliphatic rings. The van der Waals surface area contributed by atoms with Crippen LogP contribution in [-0.2, 0) is 4.74 Å². The second-order valence-corrected chi connectivity index (χ2v) is 7.42. The molecule has 0 spiro atoms. The van der Waals surface area contributed by atoms with Crippen molar-refractivity contribution in [2.75, 3.05) is 7.11 Å². The average molecular weight is 303 g/mol. The van der Waals surface area contributed by atoms with Crippen molar-refractivity contribution < 1.29 is 4.74 Å². The number of allylic oxidation sites excluding steroid dienone is 1. The van der Waals surface area contributed by atoms with E-state index in [2.05, 4.69) is 71.0 Å². The molecule has 0 aliphatic carbocycles. The van der Waals surface area contributed by atoms with Gasteiger partial charge in [0, 0.05) is 7.11 Å². The predicted octanol–water partition coefficient (Wildman–Crippen LogP) is 6.44. The van der Waals surface area contributed by atoms with Crippen LogP contribution in [0, 0.1) is 5.92 Å². The monoisotopic (exact) mass is 302 g/mol. The van der Waals surface area contributed by atoms with Crippen LogP contribution in [0.4, 0.5) is 0 Å². The molecule has 1 nitrogen and oxygen atoms in total. The van der Waals surface area contributed by atoms with Crippen LogP contribution in [0.15, 0.2) is 30.3 Å². The van der Waals surface area contributed by atoms with Gasteiger partial charge < -0.3 is 4.74 Å². The first-order valence-electron chi connectivity index (χ1n) is 8.65. The lowest BCUT2D eigenvalue weighted by Gasteiger charge is -2.23. The van der Waals surface area contributed by atoms with E-state index >= 15 is 0 Å². The van der Waals surface area contributed by atoms with E-state index in [-0.39, 0.29) is 5.60 Å². The first-order valence-corrected chi connectivity index (χ1v) is 8.65. The molecular weight excluding hydrogens is 268 g/mol. The van der Waals surface area contributed by atoms with Gasteiger partial charge >= 0.3 is 0 Å². The summed E-state index contributed by atoms with van der Waals surface area (Å²) in [6, 6.07) is 8.91. The van der Waals surface area contributed by atoms with E-state index < -0.39 is 0 Å². The first-order chi connectivity index (χ1) is 10.3. The molecule has 1 unspecified atom stereocenters. The normalized spacial score (nSPS) is 14.0. The maximum absolute atomic E-state index is 5.47. The Morgan fingerprint density at radius 2 is 1.73 bits per heavy atom. The van der Waals surface area contributed by atoms with Crippen molar-refractivity contribution in [2.24, 2.45) is 5.92 Å². The molecule has 1 atom stereocenters. The molecule has 1 aromatic rings. The van der Waals surface area contributed by atoms with Crippen LogP contribution >= 0.6 is 0 Å². The Labute approximate surface area is 137 Å². The summed E-state index contributed by atoms with van der Waals surface area (Å²) in [6.07, 6.45) is 9.35. The topological polar surface area (TPSA) is 9.23 Å². The number of methoxy groups -OCH3 is 1. The van der Waals surface area contributed by atoms with Crippen LogP contribution in [0.25, 0.3) is 6.08 Å². The zero-order valence-electron chi connectivity index (χ0n) is 15.4. The first kappa shape index (κ1) is 19.0. The summed E-state index contributed by atoms with van der Waals surface area (Å²) in [7, 11) is 1.80. The molecule has 22 heavy (non-hydrogen) atoms. The van der Waals surface area contributed by atoms with Gasteiger partial charge in [0.05, 0.1) is 5.60 Å². The van der Waals surface area contributed by atoms with Gasteiger partial charge in [0.15, 0.2) is 0 Å². The number of hydrogen-bond acceptors (Lipinski definition) is 1. The second kappa shape index (κ2) is 9.15. The van der Waals surface area contributed by atoms with Gasteiger partial charge in [-0.2, -0.15) is 0 Å². The molecule has 124 valence electrons. The van der Waals surface area contributed by atoms with E-state index in [9.17, 15) is 0 Å². The quantitative estimate of drug-likeness (QED) is 0.509. The van der Waals surface area contributed by atoms with Crippen LogP contribution in [0.5, 0.6) is 0 Å². The highest BCUT2D eigenvalue weighted by Gasteiger charge is 2.15. The summed E-state index contributed by atoms with van der Waals surface area (Å²) in [5.41, 5.74) is 2.73. The number of ether oxygens (including phenoxy) is 1. The summed E-state index contributed by atoms with van der Waals surface area (Å²) in [5.74, 6) is 1.34. The lowest BCUT2D eigenvalue weighted by atomic mass is 9.94. The van der Waals surface area contributed by atoms with Crippen LogP contribution in [0.1, 0.15) is 77.3 Å². The molecule has 0 saturated heterocycles. The molecule has 1 rings (SSSR count). The Kier molecular flexibility index (Phi) is 7.89. The van der Waals surface area contributed by atoms with E-state index in [1.165, 1.54) is 24.0 Å². The van der Waals surface area contributed by atoms with Gasteiger partial charge in [-0.25, -0.2) is 0 Å². The van der Waals surface area contributed by atoms with Crippen LogP contribution in [-0.4, -0.2) is 12.7 Å². The summed E-state index contributed by atoms with van der Waals surface area (Å²) in [5, 5.41) is 0. The van der Waals surface area contributed by atoms with Gasteiger partial charge in [-0.05, 0) is 49.7 Å². The molecule has 0 N–H and O–H groups in total. The molecule has 0 fully saturated rings. The molecule has 0 bridgehead atoms. The number of rotatable bonds is 9. The van der Waals surface area contributed by atoms with Crippen molar-refractivity contribution in [3.05, 3.63) is 41.5 Å². The standard InChI is InChI=1S/C21H34O/c1-17(2)20-14-12-19(13-15-20)11-7-9-18(3)10-8-16-21(4,5)22-6/h7,11-15,17-18H,8-10,16H2,1-6H3/b11-7+. The minimum atomic E-state index is 0.0215. The highest BCUT2D eigenvalue weighted by Crippen LogP contribution is 2.21. The SMILES string of the molecule is COC(C)(C)CCCC(C)C/C=C/c1ccc(C(C)C)cc1. The Morgan fingerprint density at radius 3 is 2.27 bits per heavy atom. The molecule has 0 aliphatic heterocycles. The maximum Gasteiger partial charge on any atom is 0.0622 e. The van der Waals surface area contributed by atoms with E-state index in [0.717, 1.165) is 18.8 Å². The Morgan fingerprint density at radius 1 is 1.09 bits per heavy atom. The Balaban J connectivity index is 2.32. The van der Waals surface area contributed by atoms with Crippen molar-refractivity contribution in [1.82, 2.24) is 0 Å². The predicted molar refractivity (Wildman–Crippen MR) is 98.3 cm³/mol. The zero-order chi connectivity index (χ0) is 16.6. The largest absolute Gasteiger partial charge is 0.379 e. The van der Waals surface area contributed by atoms with E-state index in [4.69, 9.17) is 4.74 Å². The fraction of sp³-hybridized carbons (Fsp3) is 0.619. The Bertz CT molecular complexity index is 439. The van der Waals surface area contributed by atoms with Crippen molar-refractivity contribution in [3.8, 4) is 0 Å². The van der Waals surface area contributed by atoms with Gasteiger partial charge in [0.25, 0.3) is 0 Å². The van der Waals surface area contributed by atoms with E-state index in [1.54, 1.807) is 7.11 Å². The maximum atomic E-state index is 5.47. The summed E-state index contributed by atoms with van der Waals surface area (Å²) in [6.45, 7) is 11.1. The van der Waals surface area contributed by atoms with Gasteiger partial charge in [-0.1, -0.05) is 70.0 Å². The molecule has 0 amide bonds. The van der Waals surface area contributed by atoms with Crippen molar-refractivity contribution >= 4 is 6.08 Å². The average Bonchev–Trinajstić information content (AvgIpc) is 2.47. The molecule has 0 aromatic heterocycles. The highest BCUT2D eigenvalue weighted by molar-refractivity contribution is 5.49. The second-order valence-electron chi connectivity index (χ2n) is 7.42. The zero-order valence-corrected chi connectivity index (χ0v) is 15.4. The minimum Gasteiger partial charge on any atom is -0.379 e. The summed E-state index contributed by atoms with van der Waals surface area (Å²) < 4.78 is 5.47. The fourth-order valence-electron chi connectivity index (χ4n) is 2.52. The fourth-order valence-corrected chi connectivity index (χ4v) is 2.52. The summed E-state index contributed by atoms with van der Waals surface area (Å²) >= 11 is 0. The third kappa shape index (κ3) is 7.26. The lowest BCUT2D eigenvalue weighted by molar-refractivity contribution is 0.0128. The lowest BCUT2D eigenvalue weighted by Crippen LogP contribution is -2.22. The smallest absolute Gasteiger partial charge is 0.0622 e. The Hall–Kier alpha value is -1.08. The van der Waals surface area contributed by atoms with Crippen molar-refractivity contribution in [3.63, 3.8) is 0 Å². The molecule has 0 saturated carbocycles. The number of benzene rings is 1. The van der Waals surface area contributed by atoms with Crippen LogP contribution in [0.2, 0.25) is 0 Å². The summed E-state index contributed by atoms with van der Waals surface area (Å²) in [4.78, 5) is 0. The molecule has 0 heterocycles. The van der Waals surface area contributed by atoms with Crippen molar-refractivity contribution in [2.45, 2.75) is 71.8 Å². The van der Waals surface area contributed by atoms with Gasteiger partial charge in [-0.3, -0.25) is 0 Å². The van der Waals surface area contributed by atoms with Crippen molar-refractivity contribution in [1.29, 1.82) is 0 Å². The highest BCUT2D eigenvalue weighted by atomic mass is 16.5.